The Kier molecular flexibility index (Phi) is 4.93. The van der Waals surface area contributed by atoms with Crippen LogP contribution in [0.25, 0.3) is 11.3 Å². The highest BCUT2D eigenvalue weighted by molar-refractivity contribution is 5.93. The Hall–Kier alpha value is -3.07. The molecule has 0 saturated carbocycles. The van der Waals surface area contributed by atoms with Crippen molar-refractivity contribution in [3.63, 3.8) is 0 Å². The monoisotopic (exact) mass is 371 g/mol. The van der Waals surface area contributed by atoms with Crippen LogP contribution in [0.3, 0.4) is 0 Å². The summed E-state index contributed by atoms with van der Waals surface area (Å²) in [5.74, 6) is 0.567. The number of benzene rings is 1. The summed E-state index contributed by atoms with van der Waals surface area (Å²) >= 11 is 0. The number of aromatic amines is 1. The molecular weight excluding hydrogens is 353 g/mol. The standard InChI is InChI=1S/C18H18FN5O3/c19-13-3-1-11(2-4-13)14-9-15(23-22-14)18(25)20-10-16-21-17(24-27-16)12-5-7-26-8-6-12/h1-4,9,12H,5-8,10H2,(H,20,25)(H,22,23). The molecule has 0 spiro atoms. The highest BCUT2D eigenvalue weighted by Crippen LogP contribution is 2.24. The van der Waals surface area contributed by atoms with E-state index in [1.807, 2.05) is 0 Å². The normalized spacial score (nSPS) is 15.0. The largest absolute Gasteiger partial charge is 0.381 e. The summed E-state index contributed by atoms with van der Waals surface area (Å²) in [5.41, 5.74) is 1.56. The van der Waals surface area contributed by atoms with E-state index in [4.69, 9.17) is 9.26 Å². The van der Waals surface area contributed by atoms with Gasteiger partial charge in [0.05, 0.1) is 12.2 Å². The minimum atomic E-state index is -0.346. The number of hydrogen-bond acceptors (Lipinski definition) is 6. The van der Waals surface area contributed by atoms with Crippen LogP contribution >= 0.6 is 0 Å². The van der Waals surface area contributed by atoms with E-state index in [2.05, 4.69) is 25.7 Å². The van der Waals surface area contributed by atoms with E-state index < -0.39 is 0 Å². The lowest BCUT2D eigenvalue weighted by atomic mass is 10.00. The molecule has 3 heterocycles. The number of amides is 1. The minimum absolute atomic E-state index is 0.125. The summed E-state index contributed by atoms with van der Waals surface area (Å²) < 4.78 is 23.5. The lowest BCUT2D eigenvalue weighted by Gasteiger charge is -2.18. The summed E-state index contributed by atoms with van der Waals surface area (Å²) in [4.78, 5) is 16.6. The van der Waals surface area contributed by atoms with Gasteiger partial charge in [0.2, 0.25) is 5.89 Å². The maximum Gasteiger partial charge on any atom is 0.269 e. The molecule has 27 heavy (non-hydrogen) atoms. The number of carbonyl (C=O) groups is 1. The van der Waals surface area contributed by atoms with Crippen molar-refractivity contribution < 1.29 is 18.4 Å². The summed E-state index contributed by atoms with van der Waals surface area (Å²) in [7, 11) is 0. The number of carbonyl (C=O) groups excluding carboxylic acids is 1. The Balaban J connectivity index is 1.36. The smallest absolute Gasteiger partial charge is 0.269 e. The SMILES string of the molecule is O=C(NCc1nc(C2CCOCC2)no1)c1cc(-c2ccc(F)cc2)n[nH]1. The first-order valence-corrected chi connectivity index (χ1v) is 8.69. The van der Waals surface area contributed by atoms with Crippen molar-refractivity contribution in [3.8, 4) is 11.3 Å². The molecule has 1 aromatic carbocycles. The predicted octanol–water partition coefficient (Wildman–Crippen LogP) is 2.42. The Morgan fingerprint density at radius 3 is 2.81 bits per heavy atom. The van der Waals surface area contributed by atoms with E-state index >= 15 is 0 Å². The molecule has 1 amide bonds. The molecule has 0 aliphatic carbocycles. The molecule has 140 valence electrons. The van der Waals surface area contributed by atoms with Crippen LogP contribution in [0.15, 0.2) is 34.9 Å². The molecule has 4 rings (SSSR count). The van der Waals surface area contributed by atoms with Crippen molar-refractivity contribution in [2.24, 2.45) is 0 Å². The third-order valence-electron chi connectivity index (χ3n) is 4.43. The fraction of sp³-hybridized carbons (Fsp3) is 0.333. The summed E-state index contributed by atoms with van der Waals surface area (Å²) in [6.07, 6.45) is 1.73. The molecule has 8 nitrogen and oxygen atoms in total. The molecule has 1 aliphatic rings. The second-order valence-corrected chi connectivity index (χ2v) is 6.29. The Labute approximate surface area is 154 Å². The zero-order valence-electron chi connectivity index (χ0n) is 14.4. The molecule has 2 aromatic heterocycles. The van der Waals surface area contributed by atoms with Crippen LogP contribution in [-0.4, -0.2) is 39.5 Å². The van der Waals surface area contributed by atoms with Crippen LogP contribution in [0, 0.1) is 5.82 Å². The van der Waals surface area contributed by atoms with Crippen LogP contribution in [0.2, 0.25) is 0 Å². The molecule has 2 N–H and O–H groups in total. The molecule has 9 heteroatoms. The van der Waals surface area contributed by atoms with Crippen molar-refractivity contribution in [2.45, 2.75) is 25.3 Å². The molecule has 0 atom stereocenters. The van der Waals surface area contributed by atoms with Gasteiger partial charge < -0.3 is 14.6 Å². The molecule has 3 aromatic rings. The van der Waals surface area contributed by atoms with Crippen molar-refractivity contribution in [1.29, 1.82) is 0 Å². The van der Waals surface area contributed by atoms with Crippen molar-refractivity contribution >= 4 is 5.91 Å². The zero-order valence-corrected chi connectivity index (χ0v) is 14.4. The number of nitrogens with zero attached hydrogens (tertiary/aromatic N) is 3. The quantitative estimate of drug-likeness (QED) is 0.713. The third kappa shape index (κ3) is 4.03. The Morgan fingerprint density at radius 1 is 1.26 bits per heavy atom. The summed E-state index contributed by atoms with van der Waals surface area (Å²) in [6.45, 7) is 1.52. The number of aromatic nitrogens is 4. The van der Waals surface area contributed by atoms with Crippen LogP contribution < -0.4 is 5.32 Å². The molecule has 1 saturated heterocycles. The van der Waals surface area contributed by atoms with Crippen LogP contribution in [0.4, 0.5) is 4.39 Å². The summed E-state index contributed by atoms with van der Waals surface area (Å²) in [6, 6.07) is 7.49. The molecule has 0 bridgehead atoms. The molecule has 0 unspecified atom stereocenters. The van der Waals surface area contributed by atoms with Gasteiger partial charge in [-0.25, -0.2) is 4.39 Å². The lowest BCUT2D eigenvalue weighted by Crippen LogP contribution is -2.23. The first-order valence-electron chi connectivity index (χ1n) is 8.69. The number of ether oxygens (including phenoxy) is 1. The maximum atomic E-state index is 13.0. The topological polar surface area (TPSA) is 106 Å². The third-order valence-corrected chi connectivity index (χ3v) is 4.43. The first kappa shape index (κ1) is 17.3. The number of halogens is 1. The number of nitrogens with one attached hydrogen (secondary N) is 2. The van der Waals surface area contributed by atoms with Crippen molar-refractivity contribution in [3.05, 3.63) is 53.6 Å². The van der Waals surface area contributed by atoms with Crippen LogP contribution in [-0.2, 0) is 11.3 Å². The predicted molar refractivity (Wildman–Crippen MR) is 92.2 cm³/mol. The molecule has 1 fully saturated rings. The van der Waals surface area contributed by atoms with Gasteiger partial charge >= 0.3 is 0 Å². The highest BCUT2D eigenvalue weighted by atomic mass is 19.1. The fourth-order valence-electron chi connectivity index (χ4n) is 2.92. The van der Waals surface area contributed by atoms with Crippen LogP contribution in [0.5, 0.6) is 0 Å². The molecule has 0 radical (unpaired) electrons. The van der Waals surface area contributed by atoms with Crippen LogP contribution in [0.1, 0.15) is 41.0 Å². The number of hydrogen-bond donors (Lipinski definition) is 2. The second-order valence-electron chi connectivity index (χ2n) is 6.29. The van der Waals surface area contributed by atoms with Gasteiger partial charge in [-0.05, 0) is 43.2 Å². The Bertz CT molecular complexity index is 915. The highest BCUT2D eigenvalue weighted by Gasteiger charge is 2.21. The van der Waals surface area contributed by atoms with Gasteiger partial charge in [0.15, 0.2) is 5.82 Å². The molecule has 1 aliphatic heterocycles. The van der Waals surface area contributed by atoms with Gasteiger partial charge in [-0.2, -0.15) is 10.1 Å². The van der Waals surface area contributed by atoms with E-state index in [0.717, 1.165) is 12.8 Å². The van der Waals surface area contributed by atoms with Gasteiger partial charge in [0, 0.05) is 24.7 Å². The van der Waals surface area contributed by atoms with E-state index in [1.54, 1.807) is 18.2 Å². The Morgan fingerprint density at radius 2 is 2.04 bits per heavy atom. The lowest BCUT2D eigenvalue weighted by molar-refractivity contribution is 0.0830. The first-order chi connectivity index (χ1) is 13.2. The van der Waals surface area contributed by atoms with Gasteiger partial charge in [0.25, 0.3) is 5.91 Å². The van der Waals surface area contributed by atoms with Gasteiger partial charge in [-0.3, -0.25) is 9.89 Å². The van der Waals surface area contributed by atoms with Gasteiger partial charge in [-0.1, -0.05) is 5.16 Å². The average molecular weight is 371 g/mol. The second kappa shape index (κ2) is 7.67. The number of rotatable bonds is 5. The summed E-state index contributed by atoms with van der Waals surface area (Å²) in [5, 5.41) is 13.5. The zero-order chi connectivity index (χ0) is 18.6. The van der Waals surface area contributed by atoms with E-state index in [1.165, 1.54) is 12.1 Å². The van der Waals surface area contributed by atoms with Crippen molar-refractivity contribution in [2.75, 3.05) is 13.2 Å². The van der Waals surface area contributed by atoms with E-state index in [9.17, 15) is 9.18 Å². The minimum Gasteiger partial charge on any atom is -0.381 e. The maximum absolute atomic E-state index is 13.0. The van der Waals surface area contributed by atoms with Crippen molar-refractivity contribution in [1.82, 2.24) is 25.7 Å². The number of H-pyrrole nitrogens is 1. The van der Waals surface area contributed by atoms with Gasteiger partial charge in [0.1, 0.15) is 11.5 Å². The van der Waals surface area contributed by atoms with E-state index in [0.29, 0.717) is 41.9 Å². The molecular formula is C18H18FN5O3. The average Bonchev–Trinajstić information content (AvgIpc) is 3.37. The fourth-order valence-corrected chi connectivity index (χ4v) is 2.92. The van der Waals surface area contributed by atoms with E-state index in [-0.39, 0.29) is 24.2 Å². The van der Waals surface area contributed by atoms with Gasteiger partial charge in [-0.15, -0.1) is 0 Å².